The van der Waals surface area contributed by atoms with E-state index in [0.717, 1.165) is 40.5 Å². The average molecular weight is 367 g/mol. The molecule has 6 heteroatoms. The molecule has 0 atom stereocenters. The molecular weight excluding hydrogens is 355 g/mol. The number of hydrogen-bond acceptors (Lipinski definition) is 3. The Bertz CT molecular complexity index is 1020. The first kappa shape index (κ1) is 17.0. The molecule has 0 radical (unpaired) electrons. The monoisotopic (exact) mass is 367 g/mol. The molecule has 0 saturated carbocycles. The van der Waals surface area contributed by atoms with Crippen LogP contribution in [0.5, 0.6) is 0 Å². The largest absolute Gasteiger partial charge is 0.416 e. The van der Waals surface area contributed by atoms with Gasteiger partial charge in [-0.3, -0.25) is 0 Å². The molecule has 0 N–H and O–H groups in total. The second-order valence-corrected chi connectivity index (χ2v) is 5.99. The van der Waals surface area contributed by atoms with Crippen LogP contribution in [0.15, 0.2) is 78.0 Å². The van der Waals surface area contributed by atoms with Crippen LogP contribution in [0.1, 0.15) is 27.0 Å². The van der Waals surface area contributed by atoms with E-state index in [9.17, 15) is 18.0 Å². The summed E-state index contributed by atoms with van der Waals surface area (Å²) in [4.78, 5) is 17.2. The molecule has 3 aromatic carbocycles. The Morgan fingerprint density at radius 3 is 1.89 bits per heavy atom. The minimum atomic E-state index is -4.54. The van der Waals surface area contributed by atoms with Crippen molar-refractivity contribution in [2.75, 3.05) is 0 Å². The van der Waals surface area contributed by atoms with Gasteiger partial charge in [0, 0.05) is 11.1 Å². The van der Waals surface area contributed by atoms with E-state index in [0.29, 0.717) is 5.71 Å². The highest BCUT2D eigenvalue weighted by molar-refractivity contribution is 6.24. The Kier molecular flexibility index (Phi) is 4.03. The highest BCUT2D eigenvalue weighted by Crippen LogP contribution is 2.36. The maximum atomic E-state index is 12.8. The lowest BCUT2D eigenvalue weighted by Gasteiger charge is -2.07. The molecule has 3 aromatic rings. The Labute approximate surface area is 152 Å². The fourth-order valence-corrected chi connectivity index (χ4v) is 3.05. The molecule has 0 aromatic heterocycles. The summed E-state index contributed by atoms with van der Waals surface area (Å²) in [5.74, 6) is -0.949. The summed E-state index contributed by atoms with van der Waals surface area (Å²) in [6.45, 7) is 0. The SMILES string of the molecule is O=C(ON=C1c2ccccc2-c2ccccc21)c1cccc(C(F)(F)F)c1. The van der Waals surface area contributed by atoms with Gasteiger partial charge in [0.25, 0.3) is 0 Å². The maximum absolute atomic E-state index is 12.8. The molecule has 0 aliphatic heterocycles. The number of halogens is 3. The van der Waals surface area contributed by atoms with Gasteiger partial charge >= 0.3 is 12.1 Å². The number of hydrogen-bond donors (Lipinski definition) is 0. The van der Waals surface area contributed by atoms with Crippen molar-refractivity contribution in [3.05, 3.63) is 95.1 Å². The highest BCUT2D eigenvalue weighted by atomic mass is 19.4. The van der Waals surface area contributed by atoms with Crippen LogP contribution in [0.2, 0.25) is 0 Å². The van der Waals surface area contributed by atoms with E-state index in [2.05, 4.69) is 5.16 Å². The molecule has 134 valence electrons. The van der Waals surface area contributed by atoms with Crippen molar-refractivity contribution < 1.29 is 22.8 Å². The fourth-order valence-electron chi connectivity index (χ4n) is 3.05. The Balaban J connectivity index is 1.67. The quantitative estimate of drug-likeness (QED) is 0.356. The third kappa shape index (κ3) is 3.10. The summed E-state index contributed by atoms with van der Waals surface area (Å²) < 4.78 is 38.4. The normalized spacial score (nSPS) is 12.3. The molecule has 0 fully saturated rings. The minimum Gasteiger partial charge on any atom is -0.312 e. The highest BCUT2D eigenvalue weighted by Gasteiger charge is 2.31. The lowest BCUT2D eigenvalue weighted by molar-refractivity contribution is -0.137. The molecule has 0 bridgehead atoms. The second kappa shape index (κ2) is 6.39. The molecule has 4 rings (SSSR count). The number of carbonyl (C=O) groups excluding carboxylic acids is 1. The van der Waals surface area contributed by atoms with E-state index in [-0.39, 0.29) is 5.56 Å². The molecular formula is C21H12F3NO2. The van der Waals surface area contributed by atoms with Crippen LogP contribution in [0, 0.1) is 0 Å². The van der Waals surface area contributed by atoms with Gasteiger partial charge in [-0.15, -0.1) is 0 Å². The van der Waals surface area contributed by atoms with Gasteiger partial charge in [0.15, 0.2) is 0 Å². The summed E-state index contributed by atoms with van der Waals surface area (Å²) in [6, 6.07) is 19.1. The third-order valence-corrected chi connectivity index (χ3v) is 4.30. The van der Waals surface area contributed by atoms with E-state index >= 15 is 0 Å². The number of rotatable bonds is 2. The number of alkyl halides is 3. The van der Waals surface area contributed by atoms with Crippen molar-refractivity contribution in [3.63, 3.8) is 0 Å². The zero-order chi connectivity index (χ0) is 19.0. The van der Waals surface area contributed by atoms with Gasteiger partial charge < -0.3 is 4.84 Å². The van der Waals surface area contributed by atoms with Crippen molar-refractivity contribution in [3.8, 4) is 11.1 Å². The van der Waals surface area contributed by atoms with Gasteiger partial charge in [0.05, 0.1) is 11.1 Å². The van der Waals surface area contributed by atoms with Crippen LogP contribution in [0.3, 0.4) is 0 Å². The smallest absolute Gasteiger partial charge is 0.312 e. The predicted molar refractivity (Wildman–Crippen MR) is 94.4 cm³/mol. The Hall–Kier alpha value is -3.41. The van der Waals surface area contributed by atoms with Crippen LogP contribution in [-0.2, 0) is 11.0 Å². The summed E-state index contributed by atoms with van der Waals surface area (Å²) >= 11 is 0. The molecule has 3 nitrogen and oxygen atoms in total. The lowest BCUT2D eigenvalue weighted by atomic mass is 10.1. The van der Waals surface area contributed by atoms with Gasteiger partial charge in [-0.05, 0) is 29.3 Å². The van der Waals surface area contributed by atoms with Gasteiger partial charge in [-0.1, -0.05) is 59.8 Å². The van der Waals surface area contributed by atoms with E-state index in [1.54, 1.807) is 0 Å². The molecule has 0 unspecified atom stereocenters. The Morgan fingerprint density at radius 2 is 1.33 bits per heavy atom. The number of nitrogens with zero attached hydrogens (tertiary/aromatic N) is 1. The van der Waals surface area contributed by atoms with E-state index in [1.165, 1.54) is 6.07 Å². The van der Waals surface area contributed by atoms with Gasteiger partial charge in [-0.2, -0.15) is 13.2 Å². The van der Waals surface area contributed by atoms with Crippen LogP contribution < -0.4 is 0 Å². The molecule has 0 amide bonds. The molecule has 1 aliphatic carbocycles. The number of fused-ring (bicyclic) bond motifs is 3. The van der Waals surface area contributed by atoms with Crippen LogP contribution >= 0.6 is 0 Å². The average Bonchev–Trinajstić information content (AvgIpc) is 2.99. The molecule has 0 spiro atoms. The van der Waals surface area contributed by atoms with Crippen LogP contribution in [-0.4, -0.2) is 11.7 Å². The van der Waals surface area contributed by atoms with Crippen molar-refractivity contribution >= 4 is 11.7 Å². The van der Waals surface area contributed by atoms with Gasteiger partial charge in [0.1, 0.15) is 5.71 Å². The maximum Gasteiger partial charge on any atom is 0.416 e. The number of carbonyl (C=O) groups is 1. The van der Waals surface area contributed by atoms with Crippen molar-refractivity contribution in [2.45, 2.75) is 6.18 Å². The summed E-state index contributed by atoms with van der Waals surface area (Å²) in [5.41, 5.74) is 2.87. The summed E-state index contributed by atoms with van der Waals surface area (Å²) in [6.07, 6.45) is -4.54. The summed E-state index contributed by atoms with van der Waals surface area (Å²) in [7, 11) is 0. The molecule has 27 heavy (non-hydrogen) atoms. The van der Waals surface area contributed by atoms with Gasteiger partial charge in [0.2, 0.25) is 0 Å². The number of oxime groups is 1. The van der Waals surface area contributed by atoms with Crippen molar-refractivity contribution in [1.29, 1.82) is 0 Å². The first-order valence-corrected chi connectivity index (χ1v) is 8.11. The fraction of sp³-hybridized carbons (Fsp3) is 0.0476. The van der Waals surface area contributed by atoms with E-state index in [4.69, 9.17) is 4.84 Å². The van der Waals surface area contributed by atoms with E-state index in [1.807, 2.05) is 48.5 Å². The van der Waals surface area contributed by atoms with Crippen LogP contribution in [0.25, 0.3) is 11.1 Å². The topological polar surface area (TPSA) is 38.7 Å². The second-order valence-electron chi connectivity index (χ2n) is 5.99. The van der Waals surface area contributed by atoms with Crippen molar-refractivity contribution in [2.24, 2.45) is 5.16 Å². The first-order valence-electron chi connectivity index (χ1n) is 8.11. The standard InChI is InChI=1S/C21H12F3NO2/c22-21(23,24)14-7-5-6-13(12-14)20(26)27-25-19-17-10-3-1-8-15(17)16-9-2-4-11-18(16)19/h1-12H. The first-order chi connectivity index (χ1) is 12.9. The Morgan fingerprint density at radius 1 is 0.778 bits per heavy atom. The zero-order valence-electron chi connectivity index (χ0n) is 13.8. The lowest BCUT2D eigenvalue weighted by Crippen LogP contribution is -2.09. The summed E-state index contributed by atoms with van der Waals surface area (Å²) in [5, 5.41) is 3.96. The minimum absolute atomic E-state index is 0.214. The molecule has 0 saturated heterocycles. The van der Waals surface area contributed by atoms with Gasteiger partial charge in [-0.25, -0.2) is 4.79 Å². The van der Waals surface area contributed by atoms with Crippen LogP contribution in [0.4, 0.5) is 13.2 Å². The van der Waals surface area contributed by atoms with Crippen molar-refractivity contribution in [1.82, 2.24) is 0 Å². The predicted octanol–water partition coefficient (Wildman–Crippen LogP) is 5.30. The van der Waals surface area contributed by atoms with E-state index < -0.39 is 17.7 Å². The molecule has 0 heterocycles. The number of benzene rings is 3. The zero-order valence-corrected chi connectivity index (χ0v) is 13.8. The molecule has 1 aliphatic rings. The third-order valence-electron chi connectivity index (χ3n) is 4.30.